The minimum atomic E-state index is -1.37. The fourth-order valence-corrected chi connectivity index (χ4v) is 4.02. The number of para-hydroxylation sites is 1. The van der Waals surface area contributed by atoms with Crippen LogP contribution < -0.4 is 5.32 Å². The van der Waals surface area contributed by atoms with Gasteiger partial charge in [-0.3, -0.25) is 9.59 Å². The molecule has 0 aliphatic carbocycles. The Morgan fingerprint density at radius 1 is 0.909 bits per heavy atom. The number of hydrogen-bond donors (Lipinski definition) is 2. The minimum Gasteiger partial charge on any atom is -0.476 e. The maximum atomic E-state index is 13.4. The molecule has 1 heterocycles. The number of carbonyl (C=O) groups excluding carboxylic acids is 2. The van der Waals surface area contributed by atoms with Gasteiger partial charge in [0, 0.05) is 36.1 Å². The van der Waals surface area contributed by atoms with Crippen molar-refractivity contribution >= 4 is 23.3 Å². The fourth-order valence-electron chi connectivity index (χ4n) is 4.02. The predicted molar refractivity (Wildman–Crippen MR) is 129 cm³/mol. The molecule has 1 amide bonds. The summed E-state index contributed by atoms with van der Waals surface area (Å²) in [4.78, 5) is 35.4. The van der Waals surface area contributed by atoms with Crippen LogP contribution in [0, 0.1) is 0 Å². The van der Waals surface area contributed by atoms with Gasteiger partial charge in [-0.1, -0.05) is 68.8 Å². The number of benzene rings is 2. The Labute approximate surface area is 194 Å². The van der Waals surface area contributed by atoms with Crippen molar-refractivity contribution in [1.82, 2.24) is 4.57 Å². The van der Waals surface area contributed by atoms with Crippen molar-refractivity contribution in [2.75, 3.05) is 5.32 Å². The van der Waals surface area contributed by atoms with Gasteiger partial charge < -0.3 is 15.0 Å². The summed E-state index contributed by atoms with van der Waals surface area (Å²) in [6.45, 7) is 4.84. The number of aryl methyl sites for hydroxylation is 1. The number of hydrogen-bond acceptors (Lipinski definition) is 3. The minimum absolute atomic E-state index is 0.0536. The summed E-state index contributed by atoms with van der Waals surface area (Å²) >= 11 is 0. The molecule has 0 aliphatic heterocycles. The Bertz CT molecular complexity index is 1100. The number of anilines is 1. The first-order chi connectivity index (χ1) is 15.9. The SMILES string of the molecule is CC(C)c1c(C(=O)Nc2ccccc2)c(-c2ccccc2)cn1CCCCCC(=O)C(=O)O. The van der Waals surface area contributed by atoms with Crippen LogP contribution in [0.4, 0.5) is 5.69 Å². The fraction of sp³-hybridized carbons (Fsp3) is 0.296. The number of ketones is 1. The molecular weight excluding hydrogens is 416 g/mol. The second-order valence-electron chi connectivity index (χ2n) is 8.38. The molecule has 1 aromatic heterocycles. The first-order valence-electron chi connectivity index (χ1n) is 11.3. The molecule has 0 unspecified atom stereocenters. The topological polar surface area (TPSA) is 88.4 Å². The van der Waals surface area contributed by atoms with Crippen LogP contribution in [-0.2, 0) is 16.1 Å². The number of aromatic nitrogens is 1. The van der Waals surface area contributed by atoms with Crippen molar-refractivity contribution in [3.05, 3.63) is 78.1 Å². The Morgan fingerprint density at radius 3 is 2.15 bits per heavy atom. The molecular formula is C27H30N2O4. The highest BCUT2D eigenvalue weighted by molar-refractivity contribution is 6.32. The van der Waals surface area contributed by atoms with E-state index < -0.39 is 11.8 Å². The molecule has 6 nitrogen and oxygen atoms in total. The average molecular weight is 447 g/mol. The number of rotatable bonds is 11. The molecule has 0 bridgehead atoms. The smallest absolute Gasteiger partial charge is 0.372 e. The summed E-state index contributed by atoms with van der Waals surface area (Å²) in [5.74, 6) is -2.14. The molecule has 0 atom stereocenters. The number of amides is 1. The first kappa shape index (κ1) is 24.0. The second kappa shape index (κ2) is 11.3. The number of carboxylic acid groups (broad SMARTS) is 1. The zero-order chi connectivity index (χ0) is 23.8. The molecule has 2 N–H and O–H groups in total. The second-order valence-corrected chi connectivity index (χ2v) is 8.38. The molecule has 0 radical (unpaired) electrons. The number of Topliss-reactive ketones (excluding diaryl/α,β-unsaturated/α-hetero) is 1. The van der Waals surface area contributed by atoms with E-state index in [9.17, 15) is 14.4 Å². The van der Waals surface area contributed by atoms with E-state index in [1.165, 1.54) is 0 Å². The number of carbonyl (C=O) groups is 3. The van der Waals surface area contributed by atoms with E-state index in [1.807, 2.05) is 66.9 Å². The van der Waals surface area contributed by atoms with Crippen molar-refractivity contribution in [1.29, 1.82) is 0 Å². The van der Waals surface area contributed by atoms with Crippen LogP contribution in [0.2, 0.25) is 0 Å². The van der Waals surface area contributed by atoms with Crippen molar-refractivity contribution < 1.29 is 19.5 Å². The third-order valence-electron chi connectivity index (χ3n) is 5.55. The van der Waals surface area contributed by atoms with E-state index >= 15 is 0 Å². The monoisotopic (exact) mass is 446 g/mol. The largest absolute Gasteiger partial charge is 0.476 e. The van der Waals surface area contributed by atoms with Gasteiger partial charge >= 0.3 is 5.97 Å². The number of nitrogens with zero attached hydrogens (tertiary/aromatic N) is 1. The van der Waals surface area contributed by atoms with Crippen LogP contribution in [0.25, 0.3) is 11.1 Å². The number of carboxylic acids is 1. The normalized spacial score (nSPS) is 10.9. The summed E-state index contributed by atoms with van der Waals surface area (Å²) in [6, 6.07) is 19.3. The zero-order valence-corrected chi connectivity index (χ0v) is 19.1. The van der Waals surface area contributed by atoms with E-state index in [2.05, 4.69) is 23.7 Å². The summed E-state index contributed by atoms with van der Waals surface area (Å²) in [6.07, 6.45) is 4.15. The number of nitrogens with one attached hydrogen (secondary N) is 1. The maximum Gasteiger partial charge on any atom is 0.372 e. The lowest BCUT2D eigenvalue weighted by atomic mass is 9.98. The van der Waals surface area contributed by atoms with E-state index in [0.717, 1.165) is 35.3 Å². The van der Waals surface area contributed by atoms with Gasteiger partial charge in [-0.2, -0.15) is 0 Å². The van der Waals surface area contributed by atoms with Crippen LogP contribution in [-0.4, -0.2) is 27.3 Å². The summed E-state index contributed by atoms with van der Waals surface area (Å²) in [5.41, 5.74) is 4.23. The Morgan fingerprint density at radius 2 is 1.55 bits per heavy atom. The molecule has 2 aromatic carbocycles. The van der Waals surface area contributed by atoms with Gasteiger partial charge in [-0.05, 0) is 36.5 Å². The highest BCUT2D eigenvalue weighted by atomic mass is 16.4. The lowest BCUT2D eigenvalue weighted by Gasteiger charge is -2.15. The molecule has 0 aliphatic rings. The predicted octanol–water partition coefficient (Wildman–Crippen LogP) is 5.74. The van der Waals surface area contributed by atoms with Gasteiger partial charge in [0.2, 0.25) is 5.78 Å². The van der Waals surface area contributed by atoms with Crippen LogP contribution in [0.15, 0.2) is 66.9 Å². The van der Waals surface area contributed by atoms with Gasteiger partial charge in [0.05, 0.1) is 5.56 Å². The van der Waals surface area contributed by atoms with Gasteiger partial charge in [0.15, 0.2) is 0 Å². The lowest BCUT2D eigenvalue weighted by molar-refractivity contribution is -0.149. The standard InChI is InChI=1S/C27H30N2O4/c1-19(2)25-24(26(31)28-21-14-8-4-9-15-21)22(20-12-6-3-7-13-20)18-29(25)17-11-5-10-16-23(30)27(32)33/h3-4,6-9,12-15,18-19H,5,10-11,16-17H2,1-2H3,(H,28,31)(H,32,33). The molecule has 0 fully saturated rings. The zero-order valence-electron chi connectivity index (χ0n) is 19.1. The van der Waals surface area contributed by atoms with Crippen molar-refractivity contribution in [3.8, 4) is 11.1 Å². The molecule has 3 rings (SSSR count). The van der Waals surface area contributed by atoms with Crippen LogP contribution >= 0.6 is 0 Å². The van der Waals surface area contributed by atoms with Crippen LogP contribution in [0.3, 0.4) is 0 Å². The van der Waals surface area contributed by atoms with Crippen LogP contribution in [0.5, 0.6) is 0 Å². The Hall–Kier alpha value is -3.67. The maximum absolute atomic E-state index is 13.4. The quantitative estimate of drug-likeness (QED) is 0.290. The van der Waals surface area contributed by atoms with Gasteiger partial charge in [0.25, 0.3) is 5.91 Å². The molecule has 0 spiro atoms. The van der Waals surface area contributed by atoms with Gasteiger partial charge in [-0.15, -0.1) is 0 Å². The Balaban J connectivity index is 1.88. The molecule has 172 valence electrons. The average Bonchev–Trinajstić information content (AvgIpc) is 3.20. The molecule has 0 saturated heterocycles. The summed E-state index contributed by atoms with van der Waals surface area (Å²) in [5, 5.41) is 11.8. The van der Waals surface area contributed by atoms with E-state index in [0.29, 0.717) is 18.5 Å². The highest BCUT2D eigenvalue weighted by Crippen LogP contribution is 2.33. The van der Waals surface area contributed by atoms with Gasteiger partial charge in [0.1, 0.15) is 0 Å². The highest BCUT2D eigenvalue weighted by Gasteiger charge is 2.24. The van der Waals surface area contributed by atoms with Crippen molar-refractivity contribution in [2.24, 2.45) is 0 Å². The van der Waals surface area contributed by atoms with Crippen molar-refractivity contribution in [2.45, 2.75) is 52.0 Å². The van der Waals surface area contributed by atoms with Crippen molar-refractivity contribution in [3.63, 3.8) is 0 Å². The Kier molecular flexibility index (Phi) is 8.19. The summed E-state index contributed by atoms with van der Waals surface area (Å²) < 4.78 is 2.13. The van der Waals surface area contributed by atoms with E-state index in [4.69, 9.17) is 5.11 Å². The van der Waals surface area contributed by atoms with Gasteiger partial charge in [-0.25, -0.2) is 4.79 Å². The third-order valence-corrected chi connectivity index (χ3v) is 5.55. The lowest BCUT2D eigenvalue weighted by Crippen LogP contribution is -2.16. The third kappa shape index (κ3) is 6.19. The molecule has 0 saturated carbocycles. The first-order valence-corrected chi connectivity index (χ1v) is 11.3. The van der Waals surface area contributed by atoms with E-state index in [1.54, 1.807) is 0 Å². The number of aliphatic carboxylic acids is 1. The molecule has 33 heavy (non-hydrogen) atoms. The van der Waals surface area contributed by atoms with Crippen LogP contribution in [0.1, 0.15) is 61.5 Å². The number of unbranched alkanes of at least 4 members (excludes halogenated alkanes) is 2. The molecule has 6 heteroatoms. The summed E-state index contributed by atoms with van der Waals surface area (Å²) in [7, 11) is 0. The van der Waals surface area contributed by atoms with E-state index in [-0.39, 0.29) is 18.2 Å². The molecule has 3 aromatic rings.